The number of para-hydroxylation sites is 2. The van der Waals surface area contributed by atoms with Gasteiger partial charge < -0.3 is 14.4 Å². The van der Waals surface area contributed by atoms with E-state index in [1.54, 1.807) is 14.2 Å². The number of hydrogen-bond acceptors (Lipinski definition) is 7. The van der Waals surface area contributed by atoms with Gasteiger partial charge in [-0.2, -0.15) is 0 Å². The summed E-state index contributed by atoms with van der Waals surface area (Å²) in [7, 11) is 3.41. The second-order valence-electron chi connectivity index (χ2n) is 8.55. The number of piperazine rings is 1. The number of hydrogen-bond donors (Lipinski definition) is 0. The molecule has 0 N–H and O–H groups in total. The summed E-state index contributed by atoms with van der Waals surface area (Å²) in [5, 5.41) is 12.9. The van der Waals surface area contributed by atoms with Gasteiger partial charge in [0, 0.05) is 26.2 Å². The van der Waals surface area contributed by atoms with Crippen LogP contribution in [-0.2, 0) is 6.54 Å². The minimum Gasteiger partial charge on any atom is -0.497 e. The lowest BCUT2D eigenvalue weighted by Gasteiger charge is -2.40. The Labute approximate surface area is 217 Å². The third-order valence-electron chi connectivity index (χ3n) is 6.52. The SMILES string of the molecule is COc1ccc(C(c2nnnn2Cc2ccccc2)N2CCN(c3ccccc3OC)CC2)cc1.Cl. The van der Waals surface area contributed by atoms with Crippen molar-refractivity contribution in [1.29, 1.82) is 0 Å². The van der Waals surface area contributed by atoms with Crippen LogP contribution in [0.3, 0.4) is 0 Å². The van der Waals surface area contributed by atoms with Crippen LogP contribution < -0.4 is 14.4 Å². The first-order chi connectivity index (χ1) is 17.3. The van der Waals surface area contributed by atoms with Gasteiger partial charge in [0.05, 0.1) is 32.5 Å². The van der Waals surface area contributed by atoms with Crippen LogP contribution in [0, 0.1) is 0 Å². The molecule has 4 aromatic rings. The molecule has 1 aliphatic rings. The third-order valence-corrected chi connectivity index (χ3v) is 6.52. The number of nitrogens with zero attached hydrogens (tertiary/aromatic N) is 6. The van der Waals surface area contributed by atoms with E-state index in [9.17, 15) is 0 Å². The van der Waals surface area contributed by atoms with Crippen LogP contribution in [0.2, 0.25) is 0 Å². The molecule has 2 heterocycles. The first kappa shape index (κ1) is 25.5. The lowest BCUT2D eigenvalue weighted by atomic mass is 10.0. The maximum Gasteiger partial charge on any atom is 0.173 e. The average molecular weight is 507 g/mol. The maximum absolute atomic E-state index is 5.60. The third kappa shape index (κ3) is 5.45. The number of ether oxygens (including phenoxy) is 2. The summed E-state index contributed by atoms with van der Waals surface area (Å²) < 4.78 is 12.9. The molecule has 0 amide bonds. The molecule has 1 atom stereocenters. The molecule has 0 radical (unpaired) electrons. The minimum absolute atomic E-state index is 0. The van der Waals surface area contributed by atoms with Gasteiger partial charge in [-0.3, -0.25) is 4.90 Å². The highest BCUT2D eigenvalue weighted by Gasteiger charge is 2.31. The van der Waals surface area contributed by atoms with E-state index in [-0.39, 0.29) is 18.4 Å². The van der Waals surface area contributed by atoms with Crippen molar-refractivity contribution >= 4 is 18.1 Å². The Morgan fingerprint density at radius 1 is 0.806 bits per heavy atom. The van der Waals surface area contributed by atoms with E-state index in [0.29, 0.717) is 6.54 Å². The molecule has 8 nitrogen and oxygen atoms in total. The van der Waals surface area contributed by atoms with E-state index in [1.807, 2.05) is 47.1 Å². The number of rotatable bonds is 8. The highest BCUT2D eigenvalue weighted by Crippen LogP contribution is 2.33. The van der Waals surface area contributed by atoms with Crippen LogP contribution in [0.5, 0.6) is 11.5 Å². The van der Waals surface area contributed by atoms with E-state index in [4.69, 9.17) is 9.47 Å². The van der Waals surface area contributed by atoms with Gasteiger partial charge in [-0.05, 0) is 45.8 Å². The number of anilines is 1. The summed E-state index contributed by atoms with van der Waals surface area (Å²) in [5.41, 5.74) is 3.43. The Balaban J connectivity index is 0.00000304. The van der Waals surface area contributed by atoms with Crippen molar-refractivity contribution in [2.45, 2.75) is 12.6 Å². The molecule has 1 fully saturated rings. The molecular weight excluding hydrogens is 476 g/mol. The predicted molar refractivity (Wildman–Crippen MR) is 142 cm³/mol. The fourth-order valence-electron chi connectivity index (χ4n) is 4.70. The molecule has 3 aromatic carbocycles. The first-order valence-electron chi connectivity index (χ1n) is 11.8. The Morgan fingerprint density at radius 2 is 1.50 bits per heavy atom. The molecule has 36 heavy (non-hydrogen) atoms. The van der Waals surface area contributed by atoms with Gasteiger partial charge in [0.2, 0.25) is 0 Å². The van der Waals surface area contributed by atoms with E-state index < -0.39 is 0 Å². The predicted octanol–water partition coefficient (Wildman–Crippen LogP) is 4.07. The fourth-order valence-corrected chi connectivity index (χ4v) is 4.70. The lowest BCUT2D eigenvalue weighted by molar-refractivity contribution is 0.201. The molecule has 1 aromatic heterocycles. The summed E-state index contributed by atoms with van der Waals surface area (Å²) in [6, 6.07) is 26.6. The summed E-state index contributed by atoms with van der Waals surface area (Å²) in [6.07, 6.45) is 0. The Morgan fingerprint density at radius 3 is 2.19 bits per heavy atom. The van der Waals surface area contributed by atoms with Crippen molar-refractivity contribution in [2.75, 3.05) is 45.3 Å². The van der Waals surface area contributed by atoms with Crippen LogP contribution in [-0.4, -0.2) is 65.5 Å². The summed E-state index contributed by atoms with van der Waals surface area (Å²) in [5.74, 6) is 2.57. The molecule has 1 unspecified atom stereocenters. The molecule has 0 bridgehead atoms. The van der Waals surface area contributed by atoms with Crippen molar-refractivity contribution in [2.24, 2.45) is 0 Å². The van der Waals surface area contributed by atoms with Crippen molar-refractivity contribution in [3.05, 3.63) is 95.8 Å². The fraction of sp³-hybridized carbons (Fsp3) is 0.296. The normalized spacial score (nSPS) is 14.7. The van der Waals surface area contributed by atoms with Crippen molar-refractivity contribution in [1.82, 2.24) is 25.1 Å². The van der Waals surface area contributed by atoms with Gasteiger partial charge in [0.25, 0.3) is 0 Å². The number of benzene rings is 3. The van der Waals surface area contributed by atoms with E-state index in [2.05, 4.69) is 61.7 Å². The second-order valence-corrected chi connectivity index (χ2v) is 8.55. The summed E-state index contributed by atoms with van der Waals surface area (Å²) in [6.45, 7) is 4.12. The lowest BCUT2D eigenvalue weighted by Crippen LogP contribution is -2.48. The summed E-state index contributed by atoms with van der Waals surface area (Å²) >= 11 is 0. The second kappa shape index (κ2) is 11.9. The molecule has 188 valence electrons. The van der Waals surface area contributed by atoms with E-state index in [1.165, 1.54) is 0 Å². The standard InChI is InChI=1S/C27H30N6O2.ClH/c1-34-23-14-12-22(13-15-23)26(27-28-29-30-33(27)20-21-8-4-3-5-9-21)32-18-16-31(17-19-32)24-10-6-7-11-25(24)35-2;/h3-15,26H,16-20H2,1-2H3;1H. The van der Waals surface area contributed by atoms with Crippen molar-refractivity contribution in [3.63, 3.8) is 0 Å². The van der Waals surface area contributed by atoms with Crippen LogP contribution in [0.1, 0.15) is 23.0 Å². The van der Waals surface area contributed by atoms with Crippen LogP contribution in [0.4, 0.5) is 5.69 Å². The monoisotopic (exact) mass is 506 g/mol. The maximum atomic E-state index is 5.60. The van der Waals surface area contributed by atoms with Gasteiger partial charge in [-0.1, -0.05) is 54.6 Å². The molecular formula is C27H31ClN6O2. The number of tetrazole rings is 1. The van der Waals surface area contributed by atoms with Gasteiger partial charge in [0.15, 0.2) is 5.82 Å². The van der Waals surface area contributed by atoms with Crippen LogP contribution in [0.25, 0.3) is 0 Å². The molecule has 0 spiro atoms. The van der Waals surface area contributed by atoms with Crippen molar-refractivity contribution < 1.29 is 9.47 Å². The number of halogens is 1. The topological polar surface area (TPSA) is 68.5 Å². The molecule has 5 rings (SSSR count). The van der Waals surface area contributed by atoms with Crippen LogP contribution in [0.15, 0.2) is 78.9 Å². The highest BCUT2D eigenvalue weighted by atomic mass is 35.5. The zero-order chi connectivity index (χ0) is 24.0. The zero-order valence-corrected chi connectivity index (χ0v) is 21.3. The first-order valence-corrected chi connectivity index (χ1v) is 11.8. The largest absolute Gasteiger partial charge is 0.497 e. The Bertz CT molecular complexity index is 1230. The zero-order valence-electron chi connectivity index (χ0n) is 20.5. The molecule has 0 aliphatic carbocycles. The summed E-state index contributed by atoms with van der Waals surface area (Å²) in [4.78, 5) is 4.84. The van der Waals surface area contributed by atoms with Crippen LogP contribution >= 0.6 is 12.4 Å². The molecule has 1 aliphatic heterocycles. The quantitative estimate of drug-likeness (QED) is 0.357. The van der Waals surface area contributed by atoms with E-state index >= 15 is 0 Å². The Kier molecular flexibility index (Phi) is 8.40. The van der Waals surface area contributed by atoms with E-state index in [0.717, 1.165) is 60.3 Å². The number of aromatic nitrogens is 4. The number of methoxy groups -OCH3 is 2. The molecule has 0 saturated carbocycles. The smallest absolute Gasteiger partial charge is 0.173 e. The van der Waals surface area contributed by atoms with Gasteiger partial charge in [0.1, 0.15) is 11.5 Å². The molecule has 1 saturated heterocycles. The average Bonchev–Trinajstić information content (AvgIpc) is 3.37. The highest BCUT2D eigenvalue weighted by molar-refractivity contribution is 5.85. The van der Waals surface area contributed by atoms with Gasteiger partial charge in [-0.15, -0.1) is 17.5 Å². The van der Waals surface area contributed by atoms with Crippen molar-refractivity contribution in [3.8, 4) is 11.5 Å². The van der Waals surface area contributed by atoms with Gasteiger partial charge in [-0.25, -0.2) is 4.68 Å². The minimum atomic E-state index is -0.0700. The Hall–Kier alpha value is -3.62. The van der Waals surface area contributed by atoms with Gasteiger partial charge >= 0.3 is 0 Å². The molecule has 9 heteroatoms.